The summed E-state index contributed by atoms with van der Waals surface area (Å²) in [6.07, 6.45) is 3.62. The molecule has 2 aromatic carbocycles. The highest BCUT2D eigenvalue weighted by molar-refractivity contribution is 5.93. The fourth-order valence-corrected chi connectivity index (χ4v) is 3.93. The maximum Gasteiger partial charge on any atom is 0.274 e. The first-order valence-corrected chi connectivity index (χ1v) is 10.4. The van der Waals surface area contributed by atoms with E-state index >= 15 is 0 Å². The number of rotatable bonds is 5. The van der Waals surface area contributed by atoms with Gasteiger partial charge in [-0.15, -0.1) is 0 Å². The monoisotopic (exact) mass is 433 g/mol. The van der Waals surface area contributed by atoms with E-state index in [-0.39, 0.29) is 23.2 Å². The van der Waals surface area contributed by atoms with Crippen molar-refractivity contribution >= 4 is 5.91 Å². The van der Waals surface area contributed by atoms with Crippen LogP contribution in [0, 0.1) is 17.1 Å². The van der Waals surface area contributed by atoms with E-state index in [4.69, 9.17) is 10.00 Å². The highest BCUT2D eigenvalue weighted by atomic mass is 19.1. The number of imidazole rings is 1. The summed E-state index contributed by atoms with van der Waals surface area (Å²) in [5.41, 5.74) is 1.48. The minimum absolute atomic E-state index is 0.0426. The third-order valence-electron chi connectivity index (χ3n) is 5.74. The van der Waals surface area contributed by atoms with E-state index in [9.17, 15) is 9.18 Å². The molecule has 0 spiro atoms. The van der Waals surface area contributed by atoms with Crippen LogP contribution < -0.4 is 10.1 Å². The second kappa shape index (κ2) is 9.20. The Balaban J connectivity index is 1.77. The molecule has 0 saturated carbocycles. The first-order valence-electron chi connectivity index (χ1n) is 10.4. The summed E-state index contributed by atoms with van der Waals surface area (Å²) in [7, 11) is 3.49. The number of piperidine rings is 1. The molecule has 2 heterocycles. The van der Waals surface area contributed by atoms with Gasteiger partial charge in [0.1, 0.15) is 29.2 Å². The zero-order chi connectivity index (χ0) is 22.7. The Bertz CT molecular complexity index is 1170. The molecule has 0 unspecified atom stereocenters. The highest BCUT2D eigenvalue weighted by Crippen LogP contribution is 2.27. The first-order chi connectivity index (χ1) is 15.5. The molecule has 1 saturated heterocycles. The van der Waals surface area contributed by atoms with Crippen LogP contribution in [0.25, 0.3) is 17.1 Å². The van der Waals surface area contributed by atoms with Gasteiger partial charge < -0.3 is 15.0 Å². The number of nitrogens with one attached hydrogen (secondary N) is 1. The molecule has 1 amide bonds. The molecule has 1 aliphatic rings. The number of aromatic nitrogens is 2. The van der Waals surface area contributed by atoms with Gasteiger partial charge in [-0.05, 0) is 62.4 Å². The quantitative estimate of drug-likeness (QED) is 0.667. The van der Waals surface area contributed by atoms with E-state index in [1.54, 1.807) is 28.8 Å². The number of benzene rings is 2. The van der Waals surface area contributed by atoms with E-state index in [0.717, 1.165) is 18.5 Å². The van der Waals surface area contributed by atoms with E-state index in [0.29, 0.717) is 30.2 Å². The van der Waals surface area contributed by atoms with Gasteiger partial charge in [-0.2, -0.15) is 5.26 Å². The van der Waals surface area contributed by atoms with Crippen LogP contribution in [0.15, 0.2) is 48.7 Å². The lowest BCUT2D eigenvalue weighted by Crippen LogP contribution is -2.47. The van der Waals surface area contributed by atoms with Gasteiger partial charge in [0.15, 0.2) is 0 Å². The predicted octanol–water partition coefficient (Wildman–Crippen LogP) is 3.38. The van der Waals surface area contributed by atoms with Crippen molar-refractivity contribution < 1.29 is 13.9 Å². The van der Waals surface area contributed by atoms with E-state index in [2.05, 4.69) is 10.3 Å². The van der Waals surface area contributed by atoms with Crippen LogP contribution in [0.1, 0.15) is 28.9 Å². The maximum absolute atomic E-state index is 14.3. The van der Waals surface area contributed by atoms with Crippen LogP contribution in [0.2, 0.25) is 0 Å². The van der Waals surface area contributed by atoms with Crippen molar-refractivity contribution in [3.8, 4) is 28.9 Å². The lowest BCUT2D eigenvalue weighted by atomic mass is 10.1. The number of carbonyl (C=O) groups excluding carboxylic acids is 1. The molecule has 0 radical (unpaired) electrons. The zero-order valence-corrected chi connectivity index (χ0v) is 18.0. The molecule has 1 atom stereocenters. The molecule has 32 heavy (non-hydrogen) atoms. The van der Waals surface area contributed by atoms with Gasteiger partial charge in [0.05, 0.1) is 12.7 Å². The second-order valence-electron chi connectivity index (χ2n) is 7.70. The zero-order valence-electron chi connectivity index (χ0n) is 18.0. The van der Waals surface area contributed by atoms with Crippen LogP contribution in [-0.4, -0.2) is 53.6 Å². The highest BCUT2D eigenvalue weighted by Gasteiger charge is 2.26. The van der Waals surface area contributed by atoms with Gasteiger partial charge in [0.2, 0.25) is 0 Å². The Labute approximate surface area is 186 Å². The van der Waals surface area contributed by atoms with Gasteiger partial charge in [-0.3, -0.25) is 9.36 Å². The van der Waals surface area contributed by atoms with Crippen LogP contribution in [-0.2, 0) is 0 Å². The summed E-state index contributed by atoms with van der Waals surface area (Å²) < 4.78 is 21.3. The Morgan fingerprint density at radius 2 is 2.06 bits per heavy atom. The number of amides is 1. The van der Waals surface area contributed by atoms with Crippen LogP contribution in [0.4, 0.5) is 4.39 Å². The summed E-state index contributed by atoms with van der Waals surface area (Å²) in [5, 5.41) is 12.3. The number of nitrogens with zero attached hydrogens (tertiary/aromatic N) is 4. The Hall–Kier alpha value is -3.70. The fourth-order valence-electron chi connectivity index (χ4n) is 3.93. The molecule has 1 fully saturated rings. The summed E-state index contributed by atoms with van der Waals surface area (Å²) in [5.74, 6) is 0.328. The van der Waals surface area contributed by atoms with E-state index in [1.165, 1.54) is 12.1 Å². The third-order valence-corrected chi connectivity index (χ3v) is 5.74. The molecule has 4 rings (SSSR count). The molecule has 8 heteroatoms. The predicted molar refractivity (Wildman–Crippen MR) is 118 cm³/mol. The number of hydrogen-bond donors (Lipinski definition) is 1. The maximum atomic E-state index is 14.3. The lowest BCUT2D eigenvalue weighted by molar-refractivity contribution is 0.0693. The van der Waals surface area contributed by atoms with Crippen LogP contribution >= 0.6 is 0 Å². The normalized spacial score (nSPS) is 15.9. The molecule has 3 aromatic rings. The minimum atomic E-state index is -0.630. The van der Waals surface area contributed by atoms with Gasteiger partial charge >= 0.3 is 0 Å². The van der Waals surface area contributed by atoms with Crippen LogP contribution in [0.3, 0.4) is 0 Å². The van der Waals surface area contributed by atoms with E-state index < -0.39 is 5.82 Å². The molecule has 164 valence electrons. The minimum Gasteiger partial charge on any atom is -0.497 e. The summed E-state index contributed by atoms with van der Waals surface area (Å²) >= 11 is 0. The smallest absolute Gasteiger partial charge is 0.274 e. The summed E-state index contributed by atoms with van der Waals surface area (Å²) in [6, 6.07) is 13.7. The number of hydrogen-bond acceptors (Lipinski definition) is 5. The number of likely N-dealkylation sites (N-methyl/N-ethyl adjacent to an activating group) is 1. The molecule has 1 aliphatic heterocycles. The van der Waals surface area contributed by atoms with Crippen molar-refractivity contribution in [2.75, 3.05) is 27.2 Å². The average molecular weight is 433 g/mol. The number of methoxy groups -OCH3 is 1. The molecule has 1 aromatic heterocycles. The number of likely N-dealkylation sites (tertiary alicyclic amines) is 1. The van der Waals surface area contributed by atoms with Gasteiger partial charge in [0.25, 0.3) is 5.91 Å². The lowest BCUT2D eigenvalue weighted by Gasteiger charge is -2.32. The second-order valence-corrected chi connectivity index (χ2v) is 7.70. The summed E-state index contributed by atoms with van der Waals surface area (Å²) in [6.45, 7) is 1.29. The first kappa shape index (κ1) is 21.5. The van der Waals surface area contributed by atoms with Crippen LogP contribution in [0.5, 0.6) is 5.75 Å². The van der Waals surface area contributed by atoms with Crippen molar-refractivity contribution in [1.29, 1.82) is 5.26 Å². The van der Waals surface area contributed by atoms with Crippen molar-refractivity contribution in [3.05, 3.63) is 65.7 Å². The van der Waals surface area contributed by atoms with Gasteiger partial charge in [-0.25, -0.2) is 9.37 Å². The molecule has 7 nitrogen and oxygen atoms in total. The van der Waals surface area contributed by atoms with E-state index in [1.807, 2.05) is 37.4 Å². The third kappa shape index (κ3) is 4.20. The standard InChI is InChI=1S/C24H24FN5O2/c1-27-18-4-3-11-29(14-18)24(31)22-15-30(19-7-9-20(32-2)10-8-19)23(28-22)16-5-6-17(13-26)21(25)12-16/h5-10,12,15,18,27H,3-4,11,14H2,1-2H3/t18-/m1/s1. The molecular formula is C24H24FN5O2. The van der Waals surface area contributed by atoms with Crippen molar-refractivity contribution in [2.24, 2.45) is 0 Å². The van der Waals surface area contributed by atoms with Crippen molar-refractivity contribution in [3.63, 3.8) is 0 Å². The number of ether oxygens (including phenoxy) is 1. The number of carbonyl (C=O) groups is 1. The Morgan fingerprint density at radius 3 is 2.72 bits per heavy atom. The summed E-state index contributed by atoms with van der Waals surface area (Å²) in [4.78, 5) is 19.6. The van der Waals surface area contributed by atoms with Crippen molar-refractivity contribution in [2.45, 2.75) is 18.9 Å². The molecule has 1 N–H and O–H groups in total. The molecular weight excluding hydrogens is 409 g/mol. The van der Waals surface area contributed by atoms with Gasteiger partial charge in [-0.1, -0.05) is 0 Å². The molecule has 0 bridgehead atoms. The SMILES string of the molecule is CN[C@@H]1CCCN(C(=O)c2cn(-c3ccc(OC)cc3)c(-c3ccc(C#N)c(F)c3)n2)C1. The Morgan fingerprint density at radius 1 is 1.28 bits per heavy atom. The molecule has 0 aliphatic carbocycles. The average Bonchev–Trinajstić information content (AvgIpc) is 3.29. The van der Waals surface area contributed by atoms with Crippen molar-refractivity contribution in [1.82, 2.24) is 19.8 Å². The Kier molecular flexibility index (Phi) is 6.19. The topological polar surface area (TPSA) is 83.2 Å². The number of halogens is 1. The fraction of sp³-hybridized carbons (Fsp3) is 0.292. The largest absolute Gasteiger partial charge is 0.497 e. The number of nitriles is 1. The van der Waals surface area contributed by atoms with Gasteiger partial charge in [0, 0.05) is 36.6 Å².